The van der Waals surface area contributed by atoms with E-state index in [0.717, 1.165) is 22.4 Å². The van der Waals surface area contributed by atoms with Crippen LogP contribution in [0.1, 0.15) is 17.9 Å². The van der Waals surface area contributed by atoms with Gasteiger partial charge in [-0.25, -0.2) is 14.1 Å². The van der Waals surface area contributed by atoms with Crippen LogP contribution in [0.25, 0.3) is 28.3 Å². The van der Waals surface area contributed by atoms with Crippen LogP contribution in [0.5, 0.6) is 0 Å². The minimum atomic E-state index is -0.312. The third-order valence-corrected chi connectivity index (χ3v) is 5.58. The smallest absolute Gasteiger partial charge is 0.220 e. The monoisotopic (exact) mass is 466 g/mol. The number of nitrogens with one attached hydrogen (secondary N) is 1. The summed E-state index contributed by atoms with van der Waals surface area (Å²) in [4.78, 5) is 16.9. The van der Waals surface area contributed by atoms with Gasteiger partial charge >= 0.3 is 0 Å². The van der Waals surface area contributed by atoms with Gasteiger partial charge in [0.15, 0.2) is 11.7 Å². The van der Waals surface area contributed by atoms with E-state index in [1.54, 1.807) is 23.0 Å². The first kappa shape index (κ1) is 22.3. The Kier molecular flexibility index (Phi) is 6.48. The summed E-state index contributed by atoms with van der Waals surface area (Å²) in [7, 11) is 0. The Morgan fingerprint density at radius 3 is 2.37 bits per heavy atom. The molecule has 0 unspecified atom stereocenters. The van der Waals surface area contributed by atoms with E-state index >= 15 is 0 Å². The normalized spacial score (nSPS) is 10.9. The fourth-order valence-corrected chi connectivity index (χ4v) is 3.77. The van der Waals surface area contributed by atoms with E-state index in [-0.39, 0.29) is 18.1 Å². The van der Waals surface area contributed by atoms with Crippen molar-refractivity contribution >= 4 is 5.91 Å². The van der Waals surface area contributed by atoms with Crippen LogP contribution in [-0.4, -0.2) is 20.7 Å². The zero-order chi connectivity index (χ0) is 24.0. The van der Waals surface area contributed by atoms with Crippen LogP contribution in [0, 0.1) is 5.82 Å². The molecule has 2 heterocycles. The maximum Gasteiger partial charge on any atom is 0.220 e. The molecule has 5 aromatic rings. The maximum atomic E-state index is 13.5. The Balaban J connectivity index is 1.26. The Morgan fingerprint density at radius 2 is 1.63 bits per heavy atom. The number of hydrogen-bond donors (Lipinski definition) is 1. The number of oxazole rings is 1. The predicted octanol–water partition coefficient (Wildman–Crippen LogP) is 5.58. The first-order valence-electron chi connectivity index (χ1n) is 11.3. The number of benzene rings is 3. The number of amides is 1. The topological polar surface area (TPSA) is 73.0 Å². The summed E-state index contributed by atoms with van der Waals surface area (Å²) >= 11 is 0. The third-order valence-electron chi connectivity index (χ3n) is 5.58. The Labute approximate surface area is 202 Å². The van der Waals surface area contributed by atoms with Crippen molar-refractivity contribution in [3.8, 4) is 28.3 Å². The maximum absolute atomic E-state index is 13.5. The zero-order valence-electron chi connectivity index (χ0n) is 18.9. The number of para-hydroxylation sites is 1. The predicted molar refractivity (Wildman–Crippen MR) is 131 cm³/mol. The number of rotatable bonds is 8. The number of halogens is 1. The van der Waals surface area contributed by atoms with E-state index in [1.807, 2.05) is 66.9 Å². The van der Waals surface area contributed by atoms with Gasteiger partial charge in [-0.3, -0.25) is 4.79 Å². The number of hydrogen-bond acceptors (Lipinski definition) is 4. The molecule has 0 radical (unpaired) electrons. The zero-order valence-corrected chi connectivity index (χ0v) is 18.9. The van der Waals surface area contributed by atoms with Gasteiger partial charge in [-0.05, 0) is 36.4 Å². The van der Waals surface area contributed by atoms with Crippen LogP contribution in [0.2, 0.25) is 0 Å². The largest absolute Gasteiger partial charge is 0.441 e. The highest BCUT2D eigenvalue weighted by atomic mass is 19.1. The second-order valence-electron chi connectivity index (χ2n) is 8.05. The highest BCUT2D eigenvalue weighted by Crippen LogP contribution is 2.24. The van der Waals surface area contributed by atoms with Crippen molar-refractivity contribution in [2.75, 3.05) is 0 Å². The van der Waals surface area contributed by atoms with E-state index in [4.69, 9.17) is 9.52 Å². The minimum absolute atomic E-state index is 0.123. The Morgan fingerprint density at radius 1 is 0.914 bits per heavy atom. The first-order valence-corrected chi connectivity index (χ1v) is 11.3. The van der Waals surface area contributed by atoms with E-state index in [9.17, 15) is 9.18 Å². The molecule has 6 nitrogen and oxygen atoms in total. The molecule has 0 atom stereocenters. The fraction of sp³-hybridized carbons (Fsp3) is 0.107. The molecular weight excluding hydrogens is 443 g/mol. The van der Waals surface area contributed by atoms with Crippen LogP contribution in [0.3, 0.4) is 0 Å². The van der Waals surface area contributed by atoms with Crippen LogP contribution < -0.4 is 5.32 Å². The summed E-state index contributed by atoms with van der Waals surface area (Å²) in [5, 5.41) is 7.66. The van der Waals surface area contributed by atoms with E-state index in [0.29, 0.717) is 30.3 Å². The molecule has 35 heavy (non-hydrogen) atoms. The molecule has 0 bridgehead atoms. The third kappa shape index (κ3) is 5.35. The molecule has 174 valence electrons. The van der Waals surface area contributed by atoms with Crippen molar-refractivity contribution in [1.29, 1.82) is 0 Å². The van der Waals surface area contributed by atoms with Crippen LogP contribution in [-0.2, 0) is 17.8 Å². The molecule has 0 fully saturated rings. The Bertz CT molecular complexity index is 1410. The molecule has 2 aromatic heterocycles. The van der Waals surface area contributed by atoms with Crippen LogP contribution in [0.4, 0.5) is 4.39 Å². The van der Waals surface area contributed by atoms with E-state index in [2.05, 4.69) is 10.3 Å². The Hall–Kier alpha value is -4.52. The molecular formula is C28H23FN4O2. The number of aryl methyl sites for hydroxylation is 1. The molecule has 0 aliphatic carbocycles. The second kappa shape index (κ2) is 10.2. The van der Waals surface area contributed by atoms with Gasteiger partial charge in [0.05, 0.1) is 17.6 Å². The number of carbonyl (C=O) groups excluding carboxylic acids is 1. The lowest BCUT2D eigenvalue weighted by molar-refractivity contribution is -0.121. The van der Waals surface area contributed by atoms with Gasteiger partial charge in [0.2, 0.25) is 5.91 Å². The first-order chi connectivity index (χ1) is 17.2. The lowest BCUT2D eigenvalue weighted by Crippen LogP contribution is -2.23. The number of aromatic nitrogens is 3. The minimum Gasteiger partial charge on any atom is -0.441 e. The van der Waals surface area contributed by atoms with Crippen molar-refractivity contribution in [3.63, 3.8) is 0 Å². The highest BCUT2D eigenvalue weighted by Gasteiger charge is 2.14. The molecule has 5 rings (SSSR count). The van der Waals surface area contributed by atoms with Gasteiger partial charge in [-0.2, -0.15) is 5.10 Å². The fourth-order valence-electron chi connectivity index (χ4n) is 3.77. The van der Waals surface area contributed by atoms with Crippen LogP contribution in [0.15, 0.2) is 102 Å². The standard InChI is InChI=1S/C28H23FN4O2/c29-23-13-11-21(12-14-23)28-22(19-33(32-28)24-9-5-2-6-10-24)17-30-26(34)15-16-27-31-18-25(35-27)20-7-3-1-4-8-20/h1-14,18-19H,15-17H2,(H,30,34). The van der Waals surface area contributed by atoms with Gasteiger partial charge in [-0.15, -0.1) is 0 Å². The summed E-state index contributed by atoms with van der Waals surface area (Å²) < 4.78 is 21.0. The summed E-state index contributed by atoms with van der Waals surface area (Å²) in [6.07, 6.45) is 4.20. The van der Waals surface area contributed by atoms with Crippen molar-refractivity contribution in [2.24, 2.45) is 0 Å². The molecule has 0 saturated heterocycles. The molecule has 1 N–H and O–H groups in total. The van der Waals surface area contributed by atoms with Gasteiger partial charge in [0.1, 0.15) is 5.82 Å². The lowest BCUT2D eigenvalue weighted by atomic mass is 10.1. The van der Waals surface area contributed by atoms with Gasteiger partial charge < -0.3 is 9.73 Å². The van der Waals surface area contributed by atoms with E-state index in [1.165, 1.54) is 12.1 Å². The van der Waals surface area contributed by atoms with Gasteiger partial charge in [-0.1, -0.05) is 48.5 Å². The van der Waals surface area contributed by atoms with Crippen molar-refractivity contribution < 1.29 is 13.6 Å². The molecule has 0 saturated carbocycles. The van der Waals surface area contributed by atoms with Gasteiger partial charge in [0.25, 0.3) is 0 Å². The highest BCUT2D eigenvalue weighted by molar-refractivity contribution is 5.76. The SMILES string of the molecule is O=C(CCc1ncc(-c2ccccc2)o1)NCc1cn(-c2ccccc2)nc1-c1ccc(F)cc1. The van der Waals surface area contributed by atoms with E-state index < -0.39 is 0 Å². The summed E-state index contributed by atoms with van der Waals surface area (Å²) in [5.74, 6) is 0.760. The van der Waals surface area contributed by atoms with Crippen molar-refractivity contribution in [2.45, 2.75) is 19.4 Å². The average molecular weight is 467 g/mol. The summed E-state index contributed by atoms with van der Waals surface area (Å²) in [6, 6.07) is 25.6. The molecule has 3 aromatic carbocycles. The summed E-state index contributed by atoms with van der Waals surface area (Å²) in [5.41, 5.74) is 4.13. The number of nitrogens with zero attached hydrogens (tertiary/aromatic N) is 3. The quantitative estimate of drug-likeness (QED) is 0.324. The van der Waals surface area contributed by atoms with Crippen LogP contribution >= 0.6 is 0 Å². The second-order valence-corrected chi connectivity index (χ2v) is 8.05. The molecule has 0 aliphatic rings. The molecule has 7 heteroatoms. The molecule has 1 amide bonds. The van der Waals surface area contributed by atoms with Gasteiger partial charge in [0, 0.05) is 42.3 Å². The molecule has 0 aliphatic heterocycles. The summed E-state index contributed by atoms with van der Waals surface area (Å²) in [6.45, 7) is 0.291. The number of carbonyl (C=O) groups is 1. The lowest BCUT2D eigenvalue weighted by Gasteiger charge is -2.05. The van der Waals surface area contributed by atoms with Crippen molar-refractivity contribution in [1.82, 2.24) is 20.1 Å². The molecule has 0 spiro atoms. The average Bonchev–Trinajstić information content (AvgIpc) is 3.55. The van der Waals surface area contributed by atoms with Crippen molar-refractivity contribution in [3.05, 3.63) is 115 Å².